The van der Waals surface area contributed by atoms with Gasteiger partial charge in [-0.25, -0.2) is 0 Å². The van der Waals surface area contributed by atoms with Crippen LogP contribution in [0.2, 0.25) is 0 Å². The number of carbonyl (C=O) groups is 1. The van der Waals surface area contributed by atoms with Crippen LogP contribution in [0.1, 0.15) is 34.3 Å². The van der Waals surface area contributed by atoms with Crippen LogP contribution >= 0.6 is 0 Å². The van der Waals surface area contributed by atoms with Gasteiger partial charge in [0.2, 0.25) is 0 Å². The average molecular weight is 320 g/mol. The van der Waals surface area contributed by atoms with E-state index in [9.17, 15) is 4.79 Å². The zero-order chi connectivity index (χ0) is 16.6. The zero-order valence-corrected chi connectivity index (χ0v) is 13.5. The number of carbonyl (C=O) groups excluding carboxylic acids is 1. The Labute approximate surface area is 142 Å². The first kappa shape index (κ1) is 16.3. The summed E-state index contributed by atoms with van der Waals surface area (Å²) >= 11 is 0. The van der Waals surface area contributed by atoms with Gasteiger partial charge in [0.15, 0.2) is 6.29 Å². The summed E-state index contributed by atoms with van der Waals surface area (Å²) in [6, 6.07) is 15.4. The van der Waals surface area contributed by atoms with E-state index < -0.39 is 0 Å². The molecule has 2 aromatic carbocycles. The lowest BCUT2D eigenvalue weighted by Gasteiger charge is -2.16. The van der Waals surface area contributed by atoms with Gasteiger partial charge >= 0.3 is 0 Å². The van der Waals surface area contributed by atoms with Crippen molar-refractivity contribution in [2.24, 2.45) is 5.92 Å². The number of rotatable bonds is 4. The third-order valence-corrected chi connectivity index (χ3v) is 4.03. The second-order valence-electron chi connectivity index (χ2n) is 5.80. The van der Waals surface area contributed by atoms with E-state index in [0.717, 1.165) is 43.5 Å². The molecule has 1 aliphatic rings. The van der Waals surface area contributed by atoms with Crippen molar-refractivity contribution in [3.05, 3.63) is 65.2 Å². The fraction of sp³-hybridized carbons (Fsp3) is 0.286. The van der Waals surface area contributed by atoms with E-state index in [4.69, 9.17) is 9.47 Å². The van der Waals surface area contributed by atoms with Crippen LogP contribution in [0.15, 0.2) is 48.5 Å². The molecule has 3 rings (SSSR count). The minimum Gasteiger partial charge on any atom is -0.489 e. The minimum atomic E-state index is 0.354. The average Bonchev–Trinajstić information content (AvgIpc) is 2.66. The molecule has 0 saturated carbocycles. The molecule has 0 N–H and O–H groups in total. The Morgan fingerprint density at radius 3 is 2.67 bits per heavy atom. The molecule has 2 aromatic rings. The molecule has 0 bridgehead atoms. The summed E-state index contributed by atoms with van der Waals surface area (Å²) in [4.78, 5) is 11.4. The van der Waals surface area contributed by atoms with E-state index in [-0.39, 0.29) is 0 Å². The molecule has 0 atom stereocenters. The Bertz CT molecular complexity index is 735. The topological polar surface area (TPSA) is 35.5 Å². The first-order valence-electron chi connectivity index (χ1n) is 8.20. The first-order valence-corrected chi connectivity index (χ1v) is 8.20. The Kier molecular flexibility index (Phi) is 5.65. The smallest absolute Gasteiger partial charge is 0.151 e. The lowest BCUT2D eigenvalue weighted by atomic mass is 10.00. The molecule has 122 valence electrons. The van der Waals surface area contributed by atoms with Gasteiger partial charge in [-0.3, -0.25) is 4.79 Å². The van der Waals surface area contributed by atoms with Gasteiger partial charge in [-0.05, 0) is 36.6 Å². The standard InChI is InChI=1S/C21H20O3/c22-15-20-14-21(24-16-18-4-2-1-3-5-18)9-8-19(20)7-6-17-10-12-23-13-11-17/h1-5,8-9,14-15,17H,10-13,16H2. The van der Waals surface area contributed by atoms with Crippen molar-refractivity contribution in [1.29, 1.82) is 0 Å². The summed E-state index contributed by atoms with van der Waals surface area (Å²) < 4.78 is 11.1. The molecular formula is C21H20O3. The SMILES string of the molecule is O=Cc1cc(OCc2ccccc2)ccc1C#CC1CCOCC1. The maximum atomic E-state index is 11.4. The largest absolute Gasteiger partial charge is 0.489 e. The highest BCUT2D eigenvalue weighted by atomic mass is 16.5. The summed E-state index contributed by atoms with van der Waals surface area (Å²) in [5.74, 6) is 7.43. The van der Waals surface area contributed by atoms with Gasteiger partial charge in [-0.2, -0.15) is 0 Å². The fourth-order valence-electron chi connectivity index (χ4n) is 2.60. The van der Waals surface area contributed by atoms with Gasteiger partial charge < -0.3 is 9.47 Å². The van der Waals surface area contributed by atoms with Crippen LogP contribution in [0.3, 0.4) is 0 Å². The third-order valence-electron chi connectivity index (χ3n) is 4.03. The lowest BCUT2D eigenvalue weighted by molar-refractivity contribution is 0.0807. The molecule has 3 nitrogen and oxygen atoms in total. The van der Waals surface area contributed by atoms with Crippen LogP contribution in [0.25, 0.3) is 0 Å². The Morgan fingerprint density at radius 1 is 1.12 bits per heavy atom. The van der Waals surface area contributed by atoms with E-state index >= 15 is 0 Å². The van der Waals surface area contributed by atoms with Gasteiger partial charge in [0.05, 0.1) is 0 Å². The highest BCUT2D eigenvalue weighted by Crippen LogP contribution is 2.19. The molecular weight excluding hydrogens is 300 g/mol. The van der Waals surface area contributed by atoms with Crippen molar-refractivity contribution >= 4 is 6.29 Å². The molecule has 3 heteroatoms. The normalized spacial score (nSPS) is 14.5. The molecule has 1 heterocycles. The second kappa shape index (κ2) is 8.33. The van der Waals surface area contributed by atoms with Crippen LogP contribution in [-0.2, 0) is 11.3 Å². The van der Waals surface area contributed by atoms with Crippen molar-refractivity contribution in [1.82, 2.24) is 0 Å². The van der Waals surface area contributed by atoms with Crippen molar-refractivity contribution in [3.63, 3.8) is 0 Å². The van der Waals surface area contributed by atoms with E-state index in [1.807, 2.05) is 42.5 Å². The van der Waals surface area contributed by atoms with E-state index in [1.165, 1.54) is 0 Å². The predicted molar refractivity (Wildman–Crippen MR) is 93.0 cm³/mol. The summed E-state index contributed by atoms with van der Waals surface area (Å²) in [5.41, 5.74) is 2.41. The van der Waals surface area contributed by atoms with Crippen molar-refractivity contribution in [2.75, 3.05) is 13.2 Å². The van der Waals surface area contributed by atoms with Gasteiger partial charge in [-0.15, -0.1) is 0 Å². The van der Waals surface area contributed by atoms with Crippen molar-refractivity contribution in [3.8, 4) is 17.6 Å². The number of hydrogen-bond donors (Lipinski definition) is 0. The summed E-state index contributed by atoms with van der Waals surface area (Å²) in [6.07, 6.45) is 2.76. The molecule has 1 aliphatic heterocycles. The van der Waals surface area contributed by atoms with Crippen LogP contribution < -0.4 is 4.74 Å². The molecule has 0 spiro atoms. The Hall–Kier alpha value is -2.57. The van der Waals surface area contributed by atoms with Crippen LogP contribution in [0.5, 0.6) is 5.75 Å². The molecule has 0 aliphatic carbocycles. The third kappa shape index (κ3) is 4.47. The zero-order valence-electron chi connectivity index (χ0n) is 13.5. The first-order chi connectivity index (χ1) is 11.8. The maximum Gasteiger partial charge on any atom is 0.151 e. The van der Waals surface area contributed by atoms with Gasteiger partial charge in [0, 0.05) is 30.3 Å². The molecule has 24 heavy (non-hydrogen) atoms. The summed E-state index contributed by atoms with van der Waals surface area (Å²) in [7, 11) is 0. The summed E-state index contributed by atoms with van der Waals surface area (Å²) in [6.45, 7) is 2.02. The van der Waals surface area contributed by atoms with Gasteiger partial charge in [0.1, 0.15) is 12.4 Å². The molecule has 0 aromatic heterocycles. The second-order valence-corrected chi connectivity index (χ2v) is 5.80. The fourth-order valence-corrected chi connectivity index (χ4v) is 2.60. The molecule has 0 unspecified atom stereocenters. The Morgan fingerprint density at radius 2 is 1.92 bits per heavy atom. The van der Waals surface area contributed by atoms with Gasteiger partial charge in [0.25, 0.3) is 0 Å². The highest BCUT2D eigenvalue weighted by molar-refractivity contribution is 5.80. The lowest BCUT2D eigenvalue weighted by Crippen LogP contribution is -2.13. The molecule has 0 amide bonds. The molecule has 1 saturated heterocycles. The van der Waals surface area contributed by atoms with Crippen LogP contribution in [-0.4, -0.2) is 19.5 Å². The predicted octanol–water partition coefficient (Wildman–Crippen LogP) is 3.86. The van der Waals surface area contributed by atoms with E-state index in [2.05, 4.69) is 11.8 Å². The monoisotopic (exact) mass is 320 g/mol. The quantitative estimate of drug-likeness (QED) is 0.634. The van der Waals surface area contributed by atoms with Crippen molar-refractivity contribution < 1.29 is 14.3 Å². The molecule has 1 fully saturated rings. The number of hydrogen-bond acceptors (Lipinski definition) is 3. The number of ether oxygens (including phenoxy) is 2. The summed E-state index contributed by atoms with van der Waals surface area (Å²) in [5, 5.41) is 0. The van der Waals surface area contributed by atoms with Crippen LogP contribution in [0.4, 0.5) is 0 Å². The Balaban J connectivity index is 1.68. The van der Waals surface area contributed by atoms with Crippen molar-refractivity contribution in [2.45, 2.75) is 19.4 Å². The molecule has 0 radical (unpaired) electrons. The maximum absolute atomic E-state index is 11.4. The number of benzene rings is 2. The van der Waals surface area contributed by atoms with Gasteiger partial charge in [-0.1, -0.05) is 42.2 Å². The van der Waals surface area contributed by atoms with E-state index in [1.54, 1.807) is 6.07 Å². The minimum absolute atomic E-state index is 0.354. The highest BCUT2D eigenvalue weighted by Gasteiger charge is 2.10. The van der Waals surface area contributed by atoms with E-state index in [0.29, 0.717) is 23.8 Å². The number of aldehydes is 1. The van der Waals surface area contributed by atoms with Crippen LogP contribution in [0, 0.1) is 17.8 Å².